The summed E-state index contributed by atoms with van der Waals surface area (Å²) < 4.78 is 34.1. The lowest BCUT2D eigenvalue weighted by molar-refractivity contribution is 0.117. The summed E-state index contributed by atoms with van der Waals surface area (Å²) in [7, 11) is -3.49. The van der Waals surface area contributed by atoms with Gasteiger partial charge in [0.2, 0.25) is 15.9 Å². The van der Waals surface area contributed by atoms with Crippen molar-refractivity contribution in [2.75, 3.05) is 19.6 Å². The highest BCUT2D eigenvalue weighted by atomic mass is 32.2. The van der Waals surface area contributed by atoms with Crippen molar-refractivity contribution in [3.05, 3.63) is 72.2 Å². The van der Waals surface area contributed by atoms with Crippen LogP contribution in [0.15, 0.2) is 70.1 Å². The maximum Gasteiger partial charge on any atom is 0.240 e. The fraction of sp³-hybridized carbons (Fsp3) is 0.375. The first-order chi connectivity index (χ1) is 14.9. The van der Waals surface area contributed by atoms with E-state index in [9.17, 15) is 8.42 Å². The van der Waals surface area contributed by atoms with Crippen LogP contribution < -0.4 is 4.72 Å². The van der Waals surface area contributed by atoms with E-state index >= 15 is 0 Å². The van der Waals surface area contributed by atoms with Gasteiger partial charge < -0.3 is 4.42 Å². The Labute approximate surface area is 184 Å². The topological polar surface area (TPSA) is 75.4 Å². The quantitative estimate of drug-likeness (QED) is 0.590. The van der Waals surface area contributed by atoms with Crippen LogP contribution in [-0.2, 0) is 10.0 Å². The highest BCUT2D eigenvalue weighted by Crippen LogP contribution is 2.29. The molecule has 1 aliphatic heterocycles. The van der Waals surface area contributed by atoms with Crippen molar-refractivity contribution >= 4 is 10.0 Å². The zero-order chi connectivity index (χ0) is 21.8. The van der Waals surface area contributed by atoms with Gasteiger partial charge in [-0.25, -0.2) is 18.1 Å². The molecule has 0 spiro atoms. The molecule has 2 aromatic carbocycles. The molecular weight excluding hydrogens is 410 g/mol. The van der Waals surface area contributed by atoms with Crippen molar-refractivity contribution in [1.82, 2.24) is 14.6 Å². The van der Waals surface area contributed by atoms with Crippen LogP contribution >= 0.6 is 0 Å². The Bertz CT molecular complexity index is 1090. The molecule has 2 unspecified atom stereocenters. The molecule has 2 heterocycles. The summed E-state index contributed by atoms with van der Waals surface area (Å²) in [4.78, 5) is 7.15. The second-order valence-electron chi connectivity index (χ2n) is 8.27. The van der Waals surface area contributed by atoms with Gasteiger partial charge in [0.05, 0.1) is 17.1 Å². The van der Waals surface area contributed by atoms with Crippen LogP contribution in [0.4, 0.5) is 0 Å². The predicted molar refractivity (Wildman–Crippen MR) is 121 cm³/mol. The van der Waals surface area contributed by atoms with Crippen molar-refractivity contribution in [3.8, 4) is 11.3 Å². The average Bonchev–Trinajstić information content (AvgIpc) is 3.29. The molecule has 0 saturated carbocycles. The predicted octanol–water partition coefficient (Wildman–Crippen LogP) is 4.40. The number of rotatable bonds is 7. The van der Waals surface area contributed by atoms with E-state index in [1.54, 1.807) is 18.3 Å². The number of piperidine rings is 1. The third kappa shape index (κ3) is 5.23. The minimum absolute atomic E-state index is 0.0361. The van der Waals surface area contributed by atoms with E-state index in [2.05, 4.69) is 21.5 Å². The molecule has 1 aromatic heterocycles. The summed E-state index contributed by atoms with van der Waals surface area (Å²) in [5.74, 6) is 1.71. The summed E-state index contributed by atoms with van der Waals surface area (Å²) in [6, 6.07) is 16.9. The van der Waals surface area contributed by atoms with E-state index in [0.717, 1.165) is 42.8 Å². The number of hydrogen-bond donors (Lipinski definition) is 1. The number of benzene rings is 2. The molecule has 1 fully saturated rings. The van der Waals surface area contributed by atoms with Crippen LogP contribution in [0.3, 0.4) is 0 Å². The molecule has 1 saturated heterocycles. The second-order valence-corrected chi connectivity index (χ2v) is 10.0. The molecule has 0 aliphatic carbocycles. The lowest BCUT2D eigenvalue weighted by Gasteiger charge is -2.35. The first-order valence-electron chi connectivity index (χ1n) is 10.7. The van der Waals surface area contributed by atoms with E-state index < -0.39 is 10.0 Å². The highest BCUT2D eigenvalue weighted by molar-refractivity contribution is 7.89. The van der Waals surface area contributed by atoms with Crippen LogP contribution in [0.1, 0.15) is 37.3 Å². The number of aromatic nitrogens is 1. The Balaban J connectivity index is 1.37. The fourth-order valence-corrected chi connectivity index (χ4v) is 5.13. The molecule has 2 atom stereocenters. The van der Waals surface area contributed by atoms with Gasteiger partial charge in [-0.1, -0.05) is 48.0 Å². The van der Waals surface area contributed by atoms with Gasteiger partial charge in [-0.3, -0.25) is 4.90 Å². The van der Waals surface area contributed by atoms with Crippen LogP contribution in [0, 0.1) is 12.8 Å². The summed E-state index contributed by atoms with van der Waals surface area (Å²) >= 11 is 0. The van der Waals surface area contributed by atoms with Crippen LogP contribution in [0.2, 0.25) is 0 Å². The van der Waals surface area contributed by atoms with Gasteiger partial charge in [-0.2, -0.15) is 0 Å². The Morgan fingerprint density at radius 3 is 2.65 bits per heavy atom. The molecule has 7 heteroatoms. The molecule has 0 bridgehead atoms. The normalized spacial score (nSPS) is 18.7. The SMILES string of the molecule is Cc1ccc(S(=O)(=O)NCC2CCCN(C(C)c3ncc(-c4ccccc4)o3)C2)cc1. The van der Waals surface area contributed by atoms with Crippen LogP contribution in [-0.4, -0.2) is 37.9 Å². The molecule has 0 radical (unpaired) electrons. The lowest BCUT2D eigenvalue weighted by atomic mass is 9.97. The summed E-state index contributed by atoms with van der Waals surface area (Å²) in [6.07, 6.45) is 3.80. The summed E-state index contributed by atoms with van der Waals surface area (Å²) in [5, 5.41) is 0. The van der Waals surface area contributed by atoms with Crippen molar-refractivity contribution in [2.45, 2.75) is 37.6 Å². The zero-order valence-electron chi connectivity index (χ0n) is 18.0. The number of likely N-dealkylation sites (tertiary alicyclic amines) is 1. The van der Waals surface area contributed by atoms with E-state index in [4.69, 9.17) is 4.42 Å². The first kappa shape index (κ1) is 21.7. The van der Waals surface area contributed by atoms with E-state index in [-0.39, 0.29) is 12.0 Å². The van der Waals surface area contributed by atoms with E-state index in [1.165, 1.54) is 0 Å². The average molecular weight is 440 g/mol. The van der Waals surface area contributed by atoms with Gasteiger partial charge in [0, 0.05) is 18.7 Å². The lowest BCUT2D eigenvalue weighted by Crippen LogP contribution is -2.42. The van der Waals surface area contributed by atoms with E-state index in [1.807, 2.05) is 49.4 Å². The largest absolute Gasteiger partial charge is 0.439 e. The fourth-order valence-electron chi connectivity index (χ4n) is 4.02. The van der Waals surface area contributed by atoms with Gasteiger partial charge in [-0.15, -0.1) is 0 Å². The molecule has 1 aliphatic rings. The Morgan fingerprint density at radius 2 is 1.90 bits per heavy atom. The maximum absolute atomic E-state index is 12.6. The number of hydrogen-bond acceptors (Lipinski definition) is 5. The van der Waals surface area contributed by atoms with Gasteiger partial charge in [0.15, 0.2) is 5.76 Å². The molecule has 0 amide bonds. The van der Waals surface area contributed by atoms with Gasteiger partial charge in [0.25, 0.3) is 0 Å². The Morgan fingerprint density at radius 1 is 1.16 bits per heavy atom. The van der Waals surface area contributed by atoms with Gasteiger partial charge >= 0.3 is 0 Å². The van der Waals surface area contributed by atoms with Crippen molar-refractivity contribution in [3.63, 3.8) is 0 Å². The molecule has 4 rings (SSSR count). The van der Waals surface area contributed by atoms with Crippen molar-refractivity contribution in [1.29, 1.82) is 0 Å². The third-order valence-electron chi connectivity index (χ3n) is 5.93. The monoisotopic (exact) mass is 439 g/mol. The first-order valence-corrected chi connectivity index (χ1v) is 12.2. The van der Waals surface area contributed by atoms with Crippen LogP contribution in [0.5, 0.6) is 0 Å². The Kier molecular flexibility index (Phi) is 6.55. The zero-order valence-corrected chi connectivity index (χ0v) is 18.8. The van der Waals surface area contributed by atoms with Gasteiger partial charge in [0.1, 0.15) is 0 Å². The number of sulfonamides is 1. The minimum Gasteiger partial charge on any atom is -0.439 e. The molecule has 164 valence electrons. The summed E-state index contributed by atoms with van der Waals surface area (Å²) in [6.45, 7) is 6.23. The second kappa shape index (κ2) is 9.34. The van der Waals surface area contributed by atoms with Crippen LogP contribution in [0.25, 0.3) is 11.3 Å². The molecule has 31 heavy (non-hydrogen) atoms. The smallest absolute Gasteiger partial charge is 0.240 e. The molecule has 1 N–H and O–H groups in total. The van der Waals surface area contributed by atoms with Crippen molar-refractivity contribution < 1.29 is 12.8 Å². The maximum atomic E-state index is 12.6. The Hall–Kier alpha value is -2.48. The molecular formula is C24H29N3O3S. The molecule has 3 aromatic rings. The number of nitrogens with zero attached hydrogens (tertiary/aromatic N) is 2. The summed E-state index contributed by atoms with van der Waals surface area (Å²) in [5.41, 5.74) is 2.05. The standard InChI is InChI=1S/C24H29N3O3S/c1-18-10-12-22(13-11-18)31(28,29)26-15-20-7-6-14-27(17-20)19(2)24-25-16-23(30-24)21-8-4-3-5-9-21/h3-5,8-13,16,19-20,26H,6-7,14-15,17H2,1-2H3. The molecule has 6 nitrogen and oxygen atoms in total. The third-order valence-corrected chi connectivity index (χ3v) is 7.37. The number of aryl methyl sites for hydroxylation is 1. The minimum atomic E-state index is -3.49. The van der Waals surface area contributed by atoms with Gasteiger partial charge in [-0.05, 0) is 51.3 Å². The number of oxazole rings is 1. The number of nitrogens with one attached hydrogen (secondary N) is 1. The van der Waals surface area contributed by atoms with Crippen molar-refractivity contribution in [2.24, 2.45) is 5.92 Å². The highest BCUT2D eigenvalue weighted by Gasteiger charge is 2.28. The van der Waals surface area contributed by atoms with E-state index in [0.29, 0.717) is 17.3 Å².